The van der Waals surface area contributed by atoms with Crippen molar-refractivity contribution in [3.05, 3.63) is 89.7 Å². The van der Waals surface area contributed by atoms with Gasteiger partial charge in [-0.25, -0.2) is 14.5 Å². The summed E-state index contributed by atoms with van der Waals surface area (Å²) in [6.45, 7) is 4.30. The lowest BCUT2D eigenvalue weighted by molar-refractivity contribution is -0.274. The molecular formula is C27H25F3N6O2S. The highest BCUT2D eigenvalue weighted by Gasteiger charge is 2.31. The van der Waals surface area contributed by atoms with Gasteiger partial charge in [0, 0.05) is 17.8 Å². The molecule has 0 spiro atoms. The normalized spacial score (nSPS) is 11.1. The number of benzene rings is 3. The molecule has 2 amide bonds. The number of ether oxygens (including phenoxy) is 1. The third kappa shape index (κ3) is 7.77. The number of urea groups is 1. The number of amides is 2. The molecule has 0 radical (unpaired) electrons. The Morgan fingerprint density at radius 2 is 1.77 bits per heavy atom. The molecule has 3 N–H and O–H groups in total. The fraction of sp³-hybridized carbons (Fsp3) is 0.185. The largest absolute Gasteiger partial charge is 0.573 e. The van der Waals surface area contributed by atoms with E-state index >= 15 is 0 Å². The number of carbonyl (C=O) groups excluding carboxylic acids is 1. The number of hydrogen-bond acceptors (Lipinski definition) is 5. The van der Waals surface area contributed by atoms with E-state index in [2.05, 4.69) is 30.8 Å². The van der Waals surface area contributed by atoms with E-state index in [9.17, 15) is 18.0 Å². The van der Waals surface area contributed by atoms with Gasteiger partial charge in [-0.15, -0.1) is 18.3 Å². The van der Waals surface area contributed by atoms with Crippen molar-refractivity contribution in [2.45, 2.75) is 33.2 Å². The van der Waals surface area contributed by atoms with Gasteiger partial charge >= 0.3 is 12.4 Å². The third-order valence-corrected chi connectivity index (χ3v) is 5.82. The molecule has 8 nitrogen and oxygen atoms in total. The molecule has 0 saturated heterocycles. The molecule has 3 aromatic carbocycles. The molecule has 12 heteroatoms. The quantitative estimate of drug-likeness (QED) is 0.247. The van der Waals surface area contributed by atoms with Gasteiger partial charge in [0.25, 0.3) is 0 Å². The van der Waals surface area contributed by atoms with Crippen molar-refractivity contribution in [2.24, 2.45) is 0 Å². The first-order valence-corrected chi connectivity index (χ1v) is 12.3. The minimum Gasteiger partial charge on any atom is -0.406 e. The number of hydrogen-bond donors (Lipinski definition) is 3. The molecule has 0 atom stereocenters. The van der Waals surface area contributed by atoms with Crippen LogP contribution in [0, 0.1) is 6.92 Å². The van der Waals surface area contributed by atoms with Crippen molar-refractivity contribution in [3.8, 4) is 22.8 Å². The summed E-state index contributed by atoms with van der Waals surface area (Å²) in [4.78, 5) is 16.6. The Balaban J connectivity index is 1.29. The van der Waals surface area contributed by atoms with E-state index in [0.29, 0.717) is 11.5 Å². The number of rotatable bonds is 7. The van der Waals surface area contributed by atoms with Crippen LogP contribution in [0.5, 0.6) is 5.75 Å². The zero-order chi connectivity index (χ0) is 28.0. The van der Waals surface area contributed by atoms with Crippen molar-refractivity contribution < 1.29 is 22.7 Å². The van der Waals surface area contributed by atoms with Crippen LogP contribution in [0.4, 0.5) is 23.7 Å². The number of halogens is 3. The number of nitrogens with zero attached hydrogens (tertiary/aromatic N) is 3. The fourth-order valence-electron chi connectivity index (χ4n) is 3.69. The highest BCUT2D eigenvalue weighted by Crippen LogP contribution is 2.24. The van der Waals surface area contributed by atoms with Gasteiger partial charge in [0.05, 0.1) is 5.69 Å². The summed E-state index contributed by atoms with van der Waals surface area (Å²) in [6.07, 6.45) is -2.46. The molecule has 0 aliphatic heterocycles. The number of nitrogens with one attached hydrogen (secondary N) is 3. The molecule has 1 heterocycles. The maximum atomic E-state index is 12.3. The SMILES string of the molecule is CCc1ccc(C)cc1NC(=S)NC(=O)NCc1ccc(-c2ncn(-c3ccc(OC(F)(F)F)cc3)n2)cc1. The molecule has 39 heavy (non-hydrogen) atoms. The van der Waals surface area contributed by atoms with Crippen LogP contribution in [-0.4, -0.2) is 32.3 Å². The summed E-state index contributed by atoms with van der Waals surface area (Å²) in [5.41, 5.74) is 5.14. The molecule has 202 valence electrons. The van der Waals surface area contributed by atoms with E-state index in [4.69, 9.17) is 12.2 Å². The number of carbonyl (C=O) groups is 1. The van der Waals surface area contributed by atoms with E-state index in [1.165, 1.54) is 35.3 Å². The van der Waals surface area contributed by atoms with E-state index in [1.807, 2.05) is 56.3 Å². The monoisotopic (exact) mass is 554 g/mol. The van der Waals surface area contributed by atoms with Gasteiger partial charge in [-0.3, -0.25) is 5.32 Å². The molecule has 4 rings (SSSR count). The highest BCUT2D eigenvalue weighted by atomic mass is 32.1. The van der Waals surface area contributed by atoms with E-state index in [-0.39, 0.29) is 17.4 Å². The van der Waals surface area contributed by atoms with Gasteiger partial charge in [0.2, 0.25) is 0 Å². The first-order valence-electron chi connectivity index (χ1n) is 11.9. The maximum Gasteiger partial charge on any atom is 0.573 e. The van der Waals surface area contributed by atoms with Crippen molar-refractivity contribution in [2.75, 3.05) is 5.32 Å². The molecular weight excluding hydrogens is 529 g/mol. The van der Waals surface area contributed by atoms with Crippen LogP contribution in [0.25, 0.3) is 17.1 Å². The zero-order valence-electron chi connectivity index (χ0n) is 21.0. The second-order valence-electron chi connectivity index (χ2n) is 8.53. The van der Waals surface area contributed by atoms with Crippen molar-refractivity contribution in [1.29, 1.82) is 0 Å². The number of thiocarbonyl (C=S) groups is 1. The predicted octanol–water partition coefficient (Wildman–Crippen LogP) is 5.90. The average Bonchev–Trinajstić information content (AvgIpc) is 3.38. The van der Waals surface area contributed by atoms with Gasteiger partial charge in [0.1, 0.15) is 12.1 Å². The number of aryl methyl sites for hydroxylation is 2. The third-order valence-electron chi connectivity index (χ3n) is 5.61. The molecule has 0 bridgehead atoms. The summed E-state index contributed by atoms with van der Waals surface area (Å²) in [7, 11) is 0. The molecule has 1 aromatic heterocycles. The molecule has 4 aromatic rings. The second kappa shape index (κ2) is 11.9. The first-order chi connectivity index (χ1) is 18.6. The van der Waals surface area contributed by atoms with Crippen molar-refractivity contribution in [3.63, 3.8) is 0 Å². The molecule has 0 unspecified atom stereocenters. The molecule has 0 aliphatic carbocycles. The van der Waals surface area contributed by atoms with E-state index in [0.717, 1.165) is 34.4 Å². The summed E-state index contributed by atoms with van der Waals surface area (Å²) < 4.78 is 42.4. The Morgan fingerprint density at radius 1 is 1.05 bits per heavy atom. The van der Waals surface area contributed by atoms with Gasteiger partial charge in [0.15, 0.2) is 10.9 Å². The maximum absolute atomic E-state index is 12.3. The van der Waals surface area contributed by atoms with Gasteiger partial charge in [-0.05, 0) is 72.6 Å². The topological polar surface area (TPSA) is 93.1 Å². The second-order valence-corrected chi connectivity index (χ2v) is 8.94. The highest BCUT2D eigenvalue weighted by molar-refractivity contribution is 7.80. The Bertz CT molecular complexity index is 1450. The molecule has 0 fully saturated rings. The summed E-state index contributed by atoms with van der Waals surface area (Å²) >= 11 is 5.28. The van der Waals surface area contributed by atoms with Gasteiger partial charge < -0.3 is 15.4 Å². The first kappa shape index (κ1) is 27.6. The van der Waals surface area contributed by atoms with Crippen LogP contribution in [0.3, 0.4) is 0 Å². The average molecular weight is 555 g/mol. The molecule has 0 saturated carbocycles. The fourth-order valence-corrected chi connectivity index (χ4v) is 3.89. The predicted molar refractivity (Wildman–Crippen MR) is 146 cm³/mol. The van der Waals surface area contributed by atoms with Crippen LogP contribution in [-0.2, 0) is 13.0 Å². The summed E-state index contributed by atoms with van der Waals surface area (Å²) in [5.74, 6) is 0.112. The van der Waals surface area contributed by atoms with Crippen LogP contribution in [0.15, 0.2) is 73.1 Å². The van der Waals surface area contributed by atoms with E-state index in [1.54, 1.807) is 0 Å². The van der Waals surface area contributed by atoms with Gasteiger partial charge in [-0.2, -0.15) is 0 Å². The van der Waals surface area contributed by atoms with Crippen LogP contribution in [0.2, 0.25) is 0 Å². The Kier molecular flexibility index (Phi) is 8.45. The molecule has 0 aliphatic rings. The standard InChI is InChI=1S/C27H25F3N6O2S/c1-3-19-7-4-17(2)14-23(19)33-26(39)34-25(37)31-15-18-5-8-20(9-6-18)24-32-16-36(35-24)21-10-12-22(13-11-21)38-27(28,29)30/h4-14,16H,3,15H2,1-2H3,(H3,31,33,34,37,39). The van der Waals surface area contributed by atoms with Crippen LogP contribution in [0.1, 0.15) is 23.6 Å². The van der Waals surface area contributed by atoms with E-state index < -0.39 is 12.4 Å². The Labute approximate surface area is 228 Å². The smallest absolute Gasteiger partial charge is 0.406 e. The van der Waals surface area contributed by atoms with Crippen LogP contribution >= 0.6 is 12.2 Å². The van der Waals surface area contributed by atoms with Crippen LogP contribution < -0.4 is 20.7 Å². The lowest BCUT2D eigenvalue weighted by Gasteiger charge is -2.14. The van der Waals surface area contributed by atoms with Crippen molar-refractivity contribution in [1.82, 2.24) is 25.4 Å². The Hall–Kier alpha value is -4.45. The minimum absolute atomic E-state index is 0.201. The summed E-state index contributed by atoms with van der Waals surface area (Å²) in [6, 6.07) is 18.2. The number of anilines is 1. The lowest BCUT2D eigenvalue weighted by Crippen LogP contribution is -2.41. The summed E-state index contributed by atoms with van der Waals surface area (Å²) in [5, 5.41) is 13.0. The van der Waals surface area contributed by atoms with Crippen molar-refractivity contribution >= 4 is 29.0 Å². The zero-order valence-corrected chi connectivity index (χ0v) is 21.9. The number of alkyl halides is 3. The minimum atomic E-state index is -4.75. The lowest BCUT2D eigenvalue weighted by atomic mass is 10.1. The Morgan fingerprint density at radius 3 is 2.44 bits per heavy atom. The number of aromatic nitrogens is 3. The van der Waals surface area contributed by atoms with Gasteiger partial charge in [-0.1, -0.05) is 43.3 Å².